The number of amides is 1. The molecule has 2 aromatic carbocycles. The number of rotatable bonds is 12. The van der Waals surface area contributed by atoms with Gasteiger partial charge in [0.2, 0.25) is 5.13 Å². The SMILES string of the molecule is CCCCCOc1ccc(C2C(=C(O)c3ccncc3)C(=O)C(=O)N2c2nnc(SCc3ccc(F)cc3)s2)cc1OC. The van der Waals surface area contributed by atoms with E-state index in [-0.39, 0.29) is 22.3 Å². The number of thioether (sulfide) groups is 1. The zero-order valence-electron chi connectivity index (χ0n) is 23.5. The number of hydrogen-bond donors (Lipinski definition) is 1. The van der Waals surface area contributed by atoms with Gasteiger partial charge in [-0.2, -0.15) is 0 Å². The summed E-state index contributed by atoms with van der Waals surface area (Å²) in [4.78, 5) is 32.3. The molecule has 12 heteroatoms. The molecule has 1 atom stereocenters. The first-order valence-electron chi connectivity index (χ1n) is 13.6. The number of unbranched alkanes of at least 4 members (excludes halogenated alkanes) is 2. The zero-order chi connectivity index (χ0) is 30.3. The second-order valence-electron chi connectivity index (χ2n) is 9.64. The Morgan fingerprint density at radius 1 is 1.05 bits per heavy atom. The molecule has 0 aliphatic carbocycles. The smallest absolute Gasteiger partial charge is 0.301 e. The number of halogens is 1. The summed E-state index contributed by atoms with van der Waals surface area (Å²) in [5.74, 6) is -0.875. The van der Waals surface area contributed by atoms with Crippen molar-refractivity contribution in [3.8, 4) is 11.5 Å². The lowest BCUT2D eigenvalue weighted by molar-refractivity contribution is -0.132. The molecule has 9 nitrogen and oxygen atoms in total. The van der Waals surface area contributed by atoms with Gasteiger partial charge >= 0.3 is 5.91 Å². The maximum absolute atomic E-state index is 13.5. The van der Waals surface area contributed by atoms with Gasteiger partial charge in [0, 0.05) is 23.7 Å². The van der Waals surface area contributed by atoms with Crippen molar-refractivity contribution in [1.82, 2.24) is 15.2 Å². The van der Waals surface area contributed by atoms with Gasteiger partial charge in [0.1, 0.15) is 11.6 Å². The van der Waals surface area contributed by atoms with E-state index in [2.05, 4.69) is 22.1 Å². The van der Waals surface area contributed by atoms with E-state index in [1.807, 2.05) is 0 Å². The third kappa shape index (κ3) is 6.70. The molecule has 0 saturated carbocycles. The Hall–Kier alpha value is -4.29. The fourth-order valence-electron chi connectivity index (χ4n) is 4.60. The molecular formula is C31H29FN4O5S2. The van der Waals surface area contributed by atoms with Crippen LogP contribution in [-0.4, -0.2) is 45.7 Å². The van der Waals surface area contributed by atoms with Gasteiger partial charge in [0.25, 0.3) is 5.78 Å². The first-order valence-corrected chi connectivity index (χ1v) is 15.4. The zero-order valence-corrected chi connectivity index (χ0v) is 25.2. The van der Waals surface area contributed by atoms with Gasteiger partial charge in [-0.1, -0.05) is 61.1 Å². The van der Waals surface area contributed by atoms with Crippen LogP contribution in [0, 0.1) is 5.82 Å². The molecule has 1 aliphatic heterocycles. The van der Waals surface area contributed by atoms with E-state index in [1.54, 1.807) is 42.5 Å². The molecule has 1 fully saturated rings. The Balaban J connectivity index is 1.52. The van der Waals surface area contributed by atoms with Gasteiger partial charge in [0.05, 0.1) is 25.3 Å². The number of pyridine rings is 1. The Morgan fingerprint density at radius 3 is 2.53 bits per heavy atom. The molecule has 43 heavy (non-hydrogen) atoms. The number of carbonyl (C=O) groups excluding carboxylic acids is 2. The number of Topliss-reactive ketones (excluding diaryl/α,β-unsaturated/α-hetero) is 1. The number of methoxy groups -OCH3 is 1. The number of nitrogens with zero attached hydrogens (tertiary/aromatic N) is 4. The van der Waals surface area contributed by atoms with Crippen molar-refractivity contribution in [3.05, 3.63) is 95.1 Å². The third-order valence-electron chi connectivity index (χ3n) is 6.78. The molecule has 4 aromatic rings. The number of aliphatic hydroxyl groups is 1. The number of ether oxygens (including phenoxy) is 2. The van der Waals surface area contributed by atoms with Crippen LogP contribution < -0.4 is 14.4 Å². The lowest BCUT2D eigenvalue weighted by atomic mass is 9.95. The van der Waals surface area contributed by atoms with Crippen LogP contribution in [0.15, 0.2) is 76.9 Å². The van der Waals surface area contributed by atoms with Gasteiger partial charge < -0.3 is 14.6 Å². The van der Waals surface area contributed by atoms with Crippen molar-refractivity contribution in [2.24, 2.45) is 0 Å². The van der Waals surface area contributed by atoms with E-state index in [0.717, 1.165) is 36.2 Å². The molecule has 1 N–H and O–H groups in total. The number of aromatic nitrogens is 3. The van der Waals surface area contributed by atoms with Crippen molar-refractivity contribution >= 4 is 45.7 Å². The molecular weight excluding hydrogens is 591 g/mol. The number of hydrogen-bond acceptors (Lipinski definition) is 10. The van der Waals surface area contributed by atoms with Crippen LogP contribution in [0.1, 0.15) is 48.9 Å². The topological polar surface area (TPSA) is 115 Å². The highest BCUT2D eigenvalue weighted by atomic mass is 32.2. The second kappa shape index (κ2) is 13.8. The highest BCUT2D eigenvalue weighted by Crippen LogP contribution is 2.45. The van der Waals surface area contributed by atoms with Gasteiger partial charge in [-0.25, -0.2) is 4.39 Å². The number of ketones is 1. The van der Waals surface area contributed by atoms with Crippen molar-refractivity contribution in [2.45, 2.75) is 42.3 Å². The van der Waals surface area contributed by atoms with E-state index in [4.69, 9.17) is 9.47 Å². The maximum atomic E-state index is 13.5. The van der Waals surface area contributed by atoms with E-state index in [1.165, 1.54) is 48.3 Å². The summed E-state index contributed by atoms with van der Waals surface area (Å²) in [6, 6.07) is 13.4. The molecule has 0 bridgehead atoms. The van der Waals surface area contributed by atoms with Gasteiger partial charge in [0.15, 0.2) is 15.8 Å². The Morgan fingerprint density at radius 2 is 1.81 bits per heavy atom. The van der Waals surface area contributed by atoms with Crippen LogP contribution in [0.3, 0.4) is 0 Å². The van der Waals surface area contributed by atoms with Crippen molar-refractivity contribution in [2.75, 3.05) is 18.6 Å². The maximum Gasteiger partial charge on any atom is 0.301 e. The lowest BCUT2D eigenvalue weighted by Crippen LogP contribution is -2.29. The average molecular weight is 621 g/mol. The number of aliphatic hydroxyl groups excluding tert-OH is 1. The quantitative estimate of drug-likeness (QED) is 0.0469. The van der Waals surface area contributed by atoms with Crippen LogP contribution in [0.25, 0.3) is 5.76 Å². The minimum absolute atomic E-state index is 0.0921. The molecule has 1 amide bonds. The Bertz CT molecular complexity index is 1630. The van der Waals surface area contributed by atoms with Gasteiger partial charge in [-0.3, -0.25) is 19.5 Å². The van der Waals surface area contributed by atoms with Gasteiger partial charge in [-0.15, -0.1) is 10.2 Å². The number of carbonyl (C=O) groups is 2. The fraction of sp³-hybridized carbons (Fsp3) is 0.258. The lowest BCUT2D eigenvalue weighted by Gasteiger charge is -2.23. The van der Waals surface area contributed by atoms with Crippen molar-refractivity contribution < 1.29 is 28.6 Å². The third-order valence-corrected chi connectivity index (χ3v) is 8.91. The van der Waals surface area contributed by atoms with Crippen LogP contribution in [-0.2, 0) is 15.3 Å². The molecule has 0 spiro atoms. The molecule has 1 saturated heterocycles. The normalized spacial score (nSPS) is 16.1. The molecule has 222 valence electrons. The predicted octanol–water partition coefficient (Wildman–Crippen LogP) is 6.57. The van der Waals surface area contributed by atoms with Crippen molar-refractivity contribution in [1.29, 1.82) is 0 Å². The second-order valence-corrected chi connectivity index (χ2v) is 11.8. The fourth-order valence-corrected chi connectivity index (χ4v) is 6.43. The minimum atomic E-state index is -1.01. The first kappa shape index (κ1) is 30.2. The summed E-state index contributed by atoms with van der Waals surface area (Å²) in [7, 11) is 1.52. The molecule has 3 heterocycles. The average Bonchev–Trinajstić information content (AvgIpc) is 3.60. The Labute approximate surface area is 256 Å². The molecule has 2 aromatic heterocycles. The highest BCUT2D eigenvalue weighted by molar-refractivity contribution is 8.00. The Kier molecular flexibility index (Phi) is 9.68. The van der Waals surface area contributed by atoms with E-state index in [9.17, 15) is 19.1 Å². The number of anilines is 1. The molecule has 1 unspecified atom stereocenters. The molecule has 1 aliphatic rings. The predicted molar refractivity (Wildman–Crippen MR) is 163 cm³/mol. The van der Waals surface area contributed by atoms with E-state index >= 15 is 0 Å². The van der Waals surface area contributed by atoms with Crippen LogP contribution in [0.5, 0.6) is 11.5 Å². The summed E-state index contributed by atoms with van der Waals surface area (Å²) in [6.45, 7) is 2.64. The highest BCUT2D eigenvalue weighted by Gasteiger charge is 2.48. The summed E-state index contributed by atoms with van der Waals surface area (Å²) in [5.41, 5.74) is 1.66. The largest absolute Gasteiger partial charge is 0.507 e. The van der Waals surface area contributed by atoms with Crippen LogP contribution in [0.4, 0.5) is 9.52 Å². The van der Waals surface area contributed by atoms with Gasteiger partial charge in [-0.05, 0) is 53.9 Å². The summed E-state index contributed by atoms with van der Waals surface area (Å²) in [5, 5.41) is 20.0. The number of benzene rings is 2. The molecule has 5 rings (SSSR count). The first-order chi connectivity index (χ1) is 20.9. The standard InChI is InChI=1S/C31H29FN4O5S2/c1-3-4-5-16-41-23-11-8-21(17-24(23)40-2)26-25(27(37)20-12-14-33-15-13-20)28(38)29(39)36(26)30-34-35-31(43-30)42-18-19-6-9-22(32)10-7-19/h6-15,17,26,37H,3-5,16,18H2,1-2H3. The minimum Gasteiger partial charge on any atom is -0.507 e. The van der Waals surface area contributed by atoms with Crippen LogP contribution >= 0.6 is 23.1 Å². The monoisotopic (exact) mass is 620 g/mol. The molecule has 0 radical (unpaired) electrons. The van der Waals surface area contributed by atoms with Crippen LogP contribution in [0.2, 0.25) is 0 Å². The van der Waals surface area contributed by atoms with Crippen molar-refractivity contribution in [3.63, 3.8) is 0 Å². The summed E-state index contributed by atoms with van der Waals surface area (Å²) >= 11 is 2.52. The van der Waals surface area contributed by atoms with E-state index < -0.39 is 17.7 Å². The summed E-state index contributed by atoms with van der Waals surface area (Å²) in [6.07, 6.45) is 5.97. The van der Waals surface area contributed by atoms with E-state index in [0.29, 0.717) is 39.3 Å². The summed E-state index contributed by atoms with van der Waals surface area (Å²) < 4.78 is 25.4.